The smallest absolute Gasteiger partial charge is 0.0417 e. The molecule has 0 saturated carbocycles. The van der Waals surface area contributed by atoms with Gasteiger partial charge in [0.1, 0.15) is 0 Å². The third-order valence-corrected chi connectivity index (χ3v) is 4.23. The Morgan fingerprint density at radius 1 is 1.11 bits per heavy atom. The molecule has 2 rings (SSSR count). The fraction of sp³-hybridized carbons (Fsp3) is 0.375. The van der Waals surface area contributed by atoms with Gasteiger partial charge in [0.2, 0.25) is 0 Å². The van der Waals surface area contributed by atoms with Gasteiger partial charge in [0.15, 0.2) is 0 Å². The molecule has 1 heterocycles. The molecule has 0 aliphatic heterocycles. The van der Waals surface area contributed by atoms with Gasteiger partial charge in [-0.25, -0.2) is 0 Å². The first kappa shape index (κ1) is 13.3. The van der Waals surface area contributed by atoms with Crippen molar-refractivity contribution in [3.8, 4) is 0 Å². The van der Waals surface area contributed by atoms with Crippen molar-refractivity contribution in [3.05, 3.63) is 57.8 Å². The van der Waals surface area contributed by atoms with E-state index in [0.29, 0.717) is 6.04 Å². The van der Waals surface area contributed by atoms with Gasteiger partial charge in [0.25, 0.3) is 0 Å². The van der Waals surface area contributed by atoms with Gasteiger partial charge in [-0.15, -0.1) is 11.3 Å². The first-order valence-corrected chi connectivity index (χ1v) is 7.45. The molecule has 2 heteroatoms. The predicted octanol–water partition coefficient (Wildman–Crippen LogP) is 4.34. The highest BCUT2D eigenvalue weighted by Gasteiger charge is 2.12. The minimum Gasteiger partial charge on any atom is -0.310 e. The van der Waals surface area contributed by atoms with Crippen molar-refractivity contribution in [2.24, 2.45) is 0 Å². The topological polar surface area (TPSA) is 12.0 Å². The van der Waals surface area contributed by atoms with Gasteiger partial charge in [-0.3, -0.25) is 0 Å². The standard InChI is InChI=1S/C16H21NS/c1-3-17-15(16-12-9-13(2)18-16)11-10-14-7-5-4-6-8-14/h4-9,12,15,17H,3,10-11H2,1-2H3. The summed E-state index contributed by atoms with van der Waals surface area (Å²) < 4.78 is 0. The molecule has 0 saturated heterocycles. The van der Waals surface area contributed by atoms with Crippen LogP contribution in [0.5, 0.6) is 0 Å². The lowest BCUT2D eigenvalue weighted by Crippen LogP contribution is -2.20. The number of thiophene rings is 1. The molecule has 0 amide bonds. The van der Waals surface area contributed by atoms with Crippen LogP contribution in [0.2, 0.25) is 0 Å². The van der Waals surface area contributed by atoms with Crippen molar-refractivity contribution in [1.82, 2.24) is 5.32 Å². The maximum Gasteiger partial charge on any atom is 0.0417 e. The van der Waals surface area contributed by atoms with Gasteiger partial charge in [0.05, 0.1) is 0 Å². The molecule has 0 fully saturated rings. The molecule has 0 spiro atoms. The van der Waals surface area contributed by atoms with Crippen LogP contribution in [-0.4, -0.2) is 6.54 Å². The minimum atomic E-state index is 0.494. The Labute approximate surface area is 114 Å². The van der Waals surface area contributed by atoms with E-state index in [9.17, 15) is 0 Å². The highest BCUT2D eigenvalue weighted by Crippen LogP contribution is 2.26. The molecule has 0 radical (unpaired) electrons. The minimum absolute atomic E-state index is 0.494. The number of aryl methyl sites for hydroxylation is 2. The van der Waals surface area contributed by atoms with E-state index in [1.165, 1.54) is 15.3 Å². The van der Waals surface area contributed by atoms with Crippen LogP contribution >= 0.6 is 11.3 Å². The van der Waals surface area contributed by atoms with E-state index in [4.69, 9.17) is 0 Å². The molecule has 96 valence electrons. The zero-order chi connectivity index (χ0) is 12.8. The molecule has 2 aromatic rings. The summed E-state index contributed by atoms with van der Waals surface area (Å²) in [6.45, 7) is 5.38. The van der Waals surface area contributed by atoms with Crippen molar-refractivity contribution >= 4 is 11.3 Å². The normalized spacial score (nSPS) is 12.6. The zero-order valence-corrected chi connectivity index (χ0v) is 12.0. The second-order valence-corrected chi connectivity index (χ2v) is 5.90. The Balaban J connectivity index is 1.98. The summed E-state index contributed by atoms with van der Waals surface area (Å²) in [5, 5.41) is 3.59. The molecule has 1 atom stereocenters. The number of benzene rings is 1. The van der Waals surface area contributed by atoms with Crippen LogP contribution in [0.25, 0.3) is 0 Å². The third kappa shape index (κ3) is 3.69. The second kappa shape index (κ2) is 6.72. The molecular weight excluding hydrogens is 238 g/mol. The largest absolute Gasteiger partial charge is 0.310 e. The summed E-state index contributed by atoms with van der Waals surface area (Å²) in [5.74, 6) is 0. The van der Waals surface area contributed by atoms with E-state index in [1.54, 1.807) is 0 Å². The molecule has 1 aromatic carbocycles. The quantitative estimate of drug-likeness (QED) is 0.813. The van der Waals surface area contributed by atoms with Crippen LogP contribution < -0.4 is 5.32 Å². The predicted molar refractivity (Wildman–Crippen MR) is 80.2 cm³/mol. The van der Waals surface area contributed by atoms with E-state index < -0.39 is 0 Å². The van der Waals surface area contributed by atoms with Gasteiger partial charge < -0.3 is 5.32 Å². The van der Waals surface area contributed by atoms with E-state index in [1.807, 2.05) is 11.3 Å². The number of nitrogens with one attached hydrogen (secondary N) is 1. The van der Waals surface area contributed by atoms with Crippen molar-refractivity contribution in [2.45, 2.75) is 32.7 Å². The average molecular weight is 259 g/mol. The SMILES string of the molecule is CCNC(CCc1ccccc1)c1ccc(C)s1. The van der Waals surface area contributed by atoms with Crippen molar-refractivity contribution < 1.29 is 0 Å². The number of hydrogen-bond donors (Lipinski definition) is 1. The molecule has 0 aliphatic rings. The summed E-state index contributed by atoms with van der Waals surface area (Å²) in [5.41, 5.74) is 1.42. The first-order valence-electron chi connectivity index (χ1n) is 6.63. The summed E-state index contributed by atoms with van der Waals surface area (Å²) in [6, 6.07) is 15.7. The van der Waals surface area contributed by atoms with Crippen LogP contribution in [0, 0.1) is 6.92 Å². The van der Waals surface area contributed by atoms with Crippen LogP contribution in [-0.2, 0) is 6.42 Å². The average Bonchev–Trinajstić information content (AvgIpc) is 2.82. The second-order valence-electron chi connectivity index (χ2n) is 4.58. The fourth-order valence-electron chi connectivity index (χ4n) is 2.19. The van der Waals surface area contributed by atoms with Crippen molar-refractivity contribution in [3.63, 3.8) is 0 Å². The van der Waals surface area contributed by atoms with Crippen LogP contribution in [0.1, 0.15) is 34.7 Å². The molecule has 18 heavy (non-hydrogen) atoms. The van der Waals surface area contributed by atoms with Gasteiger partial charge in [0, 0.05) is 15.8 Å². The van der Waals surface area contributed by atoms with Gasteiger partial charge in [-0.1, -0.05) is 37.3 Å². The summed E-state index contributed by atoms with van der Waals surface area (Å²) >= 11 is 1.91. The van der Waals surface area contributed by atoms with Crippen LogP contribution in [0.15, 0.2) is 42.5 Å². The molecule has 1 N–H and O–H groups in total. The molecule has 0 aliphatic carbocycles. The van der Waals surface area contributed by atoms with Crippen molar-refractivity contribution in [1.29, 1.82) is 0 Å². The first-order chi connectivity index (χ1) is 8.79. The van der Waals surface area contributed by atoms with Crippen LogP contribution in [0.3, 0.4) is 0 Å². The Hall–Kier alpha value is -1.12. The van der Waals surface area contributed by atoms with Gasteiger partial charge in [-0.2, -0.15) is 0 Å². The Morgan fingerprint density at radius 3 is 2.50 bits per heavy atom. The van der Waals surface area contributed by atoms with E-state index >= 15 is 0 Å². The van der Waals surface area contributed by atoms with E-state index in [0.717, 1.165) is 19.4 Å². The summed E-state index contributed by atoms with van der Waals surface area (Å²) in [7, 11) is 0. The highest BCUT2D eigenvalue weighted by atomic mass is 32.1. The summed E-state index contributed by atoms with van der Waals surface area (Å²) in [4.78, 5) is 2.86. The molecule has 1 unspecified atom stereocenters. The molecule has 1 aromatic heterocycles. The summed E-state index contributed by atoms with van der Waals surface area (Å²) in [6.07, 6.45) is 2.30. The van der Waals surface area contributed by atoms with E-state index in [2.05, 4.69) is 61.6 Å². The third-order valence-electron chi connectivity index (χ3n) is 3.12. The Kier molecular flexibility index (Phi) is 4.97. The number of hydrogen-bond acceptors (Lipinski definition) is 2. The highest BCUT2D eigenvalue weighted by molar-refractivity contribution is 7.12. The molecule has 1 nitrogen and oxygen atoms in total. The fourth-order valence-corrected chi connectivity index (χ4v) is 3.18. The lowest BCUT2D eigenvalue weighted by atomic mass is 10.0. The van der Waals surface area contributed by atoms with Crippen molar-refractivity contribution in [2.75, 3.05) is 6.54 Å². The molecular formula is C16H21NS. The van der Waals surface area contributed by atoms with Gasteiger partial charge >= 0.3 is 0 Å². The monoisotopic (exact) mass is 259 g/mol. The Bertz CT molecular complexity index is 461. The lowest BCUT2D eigenvalue weighted by molar-refractivity contribution is 0.523. The Morgan fingerprint density at radius 2 is 1.89 bits per heavy atom. The van der Waals surface area contributed by atoms with Crippen LogP contribution in [0.4, 0.5) is 0 Å². The maximum absolute atomic E-state index is 3.59. The lowest BCUT2D eigenvalue weighted by Gasteiger charge is -2.16. The zero-order valence-electron chi connectivity index (χ0n) is 11.1. The maximum atomic E-state index is 3.59. The number of rotatable bonds is 6. The van der Waals surface area contributed by atoms with Gasteiger partial charge in [-0.05, 0) is 44.0 Å². The molecule has 0 bridgehead atoms. The van der Waals surface area contributed by atoms with E-state index in [-0.39, 0.29) is 0 Å².